The number of halogens is 1. The summed E-state index contributed by atoms with van der Waals surface area (Å²) < 4.78 is 14.3. The van der Waals surface area contributed by atoms with Gasteiger partial charge >= 0.3 is 0 Å². The minimum atomic E-state index is -0.317. The number of carbonyl (C=O) groups excluding carboxylic acids is 1. The molecule has 6 nitrogen and oxygen atoms in total. The lowest BCUT2D eigenvalue weighted by Gasteiger charge is -2.09. The van der Waals surface area contributed by atoms with E-state index in [1.807, 2.05) is 65.5 Å². The second-order valence-electron chi connectivity index (χ2n) is 7.17. The summed E-state index contributed by atoms with van der Waals surface area (Å²) in [5.74, 6) is 1.25. The molecule has 2 aromatic heterocycles. The molecule has 162 valence electrons. The Labute approximate surface area is 194 Å². The first-order valence-corrected chi connectivity index (χ1v) is 10.9. The van der Waals surface area contributed by atoms with Gasteiger partial charge in [0.15, 0.2) is 5.76 Å². The molecule has 1 amide bonds. The second-order valence-corrected chi connectivity index (χ2v) is 8.08. The molecule has 0 aliphatic rings. The van der Waals surface area contributed by atoms with Crippen molar-refractivity contribution in [3.63, 3.8) is 0 Å². The Balaban J connectivity index is 1.37. The summed E-state index contributed by atoms with van der Waals surface area (Å²) >= 11 is 3.39. The summed E-state index contributed by atoms with van der Waals surface area (Å²) in [5.41, 5.74) is 2.76. The number of anilines is 1. The monoisotopic (exact) mass is 491 g/mol. The van der Waals surface area contributed by atoms with E-state index < -0.39 is 0 Å². The number of amides is 1. The first-order valence-electron chi connectivity index (χ1n) is 10.1. The molecular weight excluding hydrogens is 470 g/mol. The number of para-hydroxylation sites is 1. The third-order valence-corrected chi connectivity index (χ3v) is 5.13. The third-order valence-electron chi connectivity index (χ3n) is 4.72. The fraction of sp³-hybridized carbons (Fsp3) is 0.120. The van der Waals surface area contributed by atoms with Crippen molar-refractivity contribution in [2.24, 2.45) is 0 Å². The Morgan fingerprint density at radius 1 is 1.19 bits per heavy atom. The summed E-state index contributed by atoms with van der Waals surface area (Å²) in [6, 6.07) is 18.8. The largest absolute Gasteiger partial charge is 0.485 e. The van der Waals surface area contributed by atoms with E-state index >= 15 is 0 Å². The van der Waals surface area contributed by atoms with E-state index in [0.29, 0.717) is 18.0 Å². The number of benzene rings is 2. The smallest absolute Gasteiger partial charge is 0.291 e. The van der Waals surface area contributed by atoms with Gasteiger partial charge in [-0.05, 0) is 63.8 Å². The number of furan rings is 1. The van der Waals surface area contributed by atoms with E-state index in [1.165, 1.54) is 0 Å². The average molecular weight is 492 g/mol. The number of nitrogens with one attached hydrogen (secondary N) is 1. The molecule has 0 bridgehead atoms. The van der Waals surface area contributed by atoms with E-state index in [9.17, 15) is 4.79 Å². The fourth-order valence-electron chi connectivity index (χ4n) is 3.25. The minimum Gasteiger partial charge on any atom is -0.485 e. The van der Waals surface area contributed by atoms with Crippen LogP contribution in [-0.2, 0) is 19.6 Å². The van der Waals surface area contributed by atoms with Gasteiger partial charge in [-0.15, -0.1) is 6.58 Å². The first-order chi connectivity index (χ1) is 15.6. The zero-order valence-corrected chi connectivity index (χ0v) is 18.9. The maximum Gasteiger partial charge on any atom is 0.291 e. The van der Waals surface area contributed by atoms with Crippen LogP contribution in [0.1, 0.15) is 27.4 Å². The van der Waals surface area contributed by atoms with Crippen molar-refractivity contribution in [1.82, 2.24) is 9.78 Å². The molecule has 0 unspecified atom stereocenters. The molecule has 0 radical (unpaired) electrons. The molecule has 4 rings (SSSR count). The topological polar surface area (TPSA) is 69.3 Å². The van der Waals surface area contributed by atoms with Crippen LogP contribution in [0.5, 0.6) is 5.75 Å². The molecule has 0 atom stereocenters. The van der Waals surface area contributed by atoms with Gasteiger partial charge in [0, 0.05) is 11.9 Å². The van der Waals surface area contributed by atoms with Crippen molar-refractivity contribution in [2.45, 2.75) is 19.6 Å². The number of hydrogen-bond acceptors (Lipinski definition) is 4. The van der Waals surface area contributed by atoms with Crippen molar-refractivity contribution in [3.05, 3.63) is 113 Å². The van der Waals surface area contributed by atoms with E-state index in [4.69, 9.17) is 9.15 Å². The minimum absolute atomic E-state index is 0.226. The summed E-state index contributed by atoms with van der Waals surface area (Å²) in [4.78, 5) is 12.6. The molecule has 2 heterocycles. The predicted octanol–water partition coefficient (Wildman–Crippen LogP) is 5.85. The predicted molar refractivity (Wildman–Crippen MR) is 127 cm³/mol. The van der Waals surface area contributed by atoms with Crippen LogP contribution in [0.25, 0.3) is 0 Å². The SMILES string of the molecule is C=CCc1ccccc1OCc1ccc(C(=O)Nc2cccc(Cn3cc(Br)cn3)c2)o1. The molecule has 0 fully saturated rings. The highest BCUT2D eigenvalue weighted by molar-refractivity contribution is 9.10. The zero-order valence-electron chi connectivity index (χ0n) is 17.3. The zero-order chi connectivity index (χ0) is 22.3. The number of hydrogen-bond donors (Lipinski definition) is 1. The molecule has 0 spiro atoms. The summed E-state index contributed by atoms with van der Waals surface area (Å²) in [5, 5.41) is 7.14. The van der Waals surface area contributed by atoms with Gasteiger partial charge in [0.05, 0.1) is 17.2 Å². The average Bonchev–Trinajstić information content (AvgIpc) is 3.43. The van der Waals surface area contributed by atoms with Gasteiger partial charge in [0.2, 0.25) is 0 Å². The molecule has 0 aliphatic carbocycles. The van der Waals surface area contributed by atoms with Crippen LogP contribution in [-0.4, -0.2) is 15.7 Å². The van der Waals surface area contributed by atoms with E-state index in [1.54, 1.807) is 18.3 Å². The standard InChI is InChI=1S/C25H22BrN3O3/c1-2-6-19-8-3-4-10-23(19)31-17-22-11-12-24(32-22)25(30)28-21-9-5-7-18(13-21)15-29-16-20(26)14-27-29/h2-5,7-14,16H,1,6,15,17H2,(H,28,30). The van der Waals surface area contributed by atoms with Crippen molar-refractivity contribution >= 4 is 27.5 Å². The van der Waals surface area contributed by atoms with E-state index in [-0.39, 0.29) is 18.3 Å². The summed E-state index contributed by atoms with van der Waals surface area (Å²) in [6.07, 6.45) is 6.19. The molecule has 2 aromatic carbocycles. The first kappa shape index (κ1) is 21.6. The number of allylic oxidation sites excluding steroid dienone is 1. The van der Waals surface area contributed by atoms with E-state index in [0.717, 1.165) is 27.8 Å². The number of rotatable bonds is 9. The van der Waals surface area contributed by atoms with Crippen LogP contribution in [0.15, 0.2) is 94.6 Å². The lowest BCUT2D eigenvalue weighted by Crippen LogP contribution is -2.11. The Hall–Kier alpha value is -3.58. The van der Waals surface area contributed by atoms with Crippen molar-refractivity contribution < 1.29 is 13.9 Å². The Bertz CT molecular complexity index is 1230. The normalized spacial score (nSPS) is 10.7. The van der Waals surface area contributed by atoms with Gasteiger partial charge in [0.25, 0.3) is 5.91 Å². The van der Waals surface area contributed by atoms with Gasteiger partial charge in [-0.1, -0.05) is 36.4 Å². The lowest BCUT2D eigenvalue weighted by atomic mass is 10.1. The number of aromatic nitrogens is 2. The van der Waals surface area contributed by atoms with Crippen LogP contribution in [0.4, 0.5) is 5.69 Å². The van der Waals surface area contributed by atoms with Gasteiger partial charge in [-0.25, -0.2) is 0 Å². The highest BCUT2D eigenvalue weighted by Crippen LogP contribution is 2.21. The van der Waals surface area contributed by atoms with Gasteiger partial charge in [-0.3, -0.25) is 9.48 Å². The number of ether oxygens (including phenoxy) is 1. The summed E-state index contributed by atoms with van der Waals surface area (Å²) in [7, 11) is 0. The molecule has 7 heteroatoms. The number of nitrogens with zero attached hydrogens (tertiary/aromatic N) is 2. The Kier molecular flexibility index (Phi) is 6.87. The highest BCUT2D eigenvalue weighted by Gasteiger charge is 2.13. The molecular formula is C25H22BrN3O3. The van der Waals surface area contributed by atoms with Crippen LogP contribution in [0, 0.1) is 0 Å². The molecule has 0 saturated heterocycles. The summed E-state index contributed by atoms with van der Waals surface area (Å²) in [6.45, 7) is 4.61. The van der Waals surface area contributed by atoms with Crippen LogP contribution in [0.3, 0.4) is 0 Å². The molecule has 32 heavy (non-hydrogen) atoms. The second kappa shape index (κ2) is 10.2. The van der Waals surface area contributed by atoms with Crippen LogP contribution >= 0.6 is 15.9 Å². The van der Waals surface area contributed by atoms with Crippen LogP contribution in [0.2, 0.25) is 0 Å². The third kappa shape index (κ3) is 5.56. The Morgan fingerprint density at radius 2 is 2.06 bits per heavy atom. The molecule has 1 N–H and O–H groups in total. The molecule has 0 saturated carbocycles. The molecule has 0 aliphatic heterocycles. The van der Waals surface area contributed by atoms with Gasteiger partial charge in [0.1, 0.15) is 18.1 Å². The fourth-order valence-corrected chi connectivity index (χ4v) is 3.58. The number of carbonyl (C=O) groups is 1. The van der Waals surface area contributed by atoms with Gasteiger partial charge in [-0.2, -0.15) is 5.10 Å². The van der Waals surface area contributed by atoms with Crippen molar-refractivity contribution in [1.29, 1.82) is 0 Å². The van der Waals surface area contributed by atoms with Crippen LogP contribution < -0.4 is 10.1 Å². The van der Waals surface area contributed by atoms with Crippen molar-refractivity contribution in [3.8, 4) is 5.75 Å². The maximum atomic E-state index is 12.6. The van der Waals surface area contributed by atoms with Gasteiger partial charge < -0.3 is 14.5 Å². The Morgan fingerprint density at radius 3 is 2.88 bits per heavy atom. The quantitative estimate of drug-likeness (QED) is 0.298. The van der Waals surface area contributed by atoms with E-state index in [2.05, 4.69) is 32.9 Å². The van der Waals surface area contributed by atoms with Crippen molar-refractivity contribution in [2.75, 3.05) is 5.32 Å². The highest BCUT2D eigenvalue weighted by atomic mass is 79.9. The lowest BCUT2D eigenvalue weighted by molar-refractivity contribution is 0.0992. The molecule has 4 aromatic rings. The maximum absolute atomic E-state index is 12.6.